The maximum atomic E-state index is 12.1. The molecule has 1 aromatic carbocycles. The third-order valence-corrected chi connectivity index (χ3v) is 5.40. The lowest BCUT2D eigenvalue weighted by Gasteiger charge is -2.03. The van der Waals surface area contributed by atoms with Crippen molar-refractivity contribution in [3.05, 3.63) is 41.5 Å². The number of nitrogens with one attached hydrogen (secondary N) is 1. The molecule has 3 rings (SSSR count). The molecular formula is C17H19N5OS2. The van der Waals surface area contributed by atoms with Crippen molar-refractivity contribution in [1.82, 2.24) is 19.7 Å². The van der Waals surface area contributed by atoms with Crippen molar-refractivity contribution < 1.29 is 4.79 Å². The van der Waals surface area contributed by atoms with Crippen molar-refractivity contribution >= 4 is 34.1 Å². The number of rotatable bonds is 7. The van der Waals surface area contributed by atoms with Gasteiger partial charge in [0.25, 0.3) is 0 Å². The van der Waals surface area contributed by atoms with Gasteiger partial charge in [-0.05, 0) is 18.9 Å². The van der Waals surface area contributed by atoms with Gasteiger partial charge >= 0.3 is 0 Å². The molecule has 1 N–H and O–H groups in total. The van der Waals surface area contributed by atoms with Gasteiger partial charge in [-0.3, -0.25) is 4.79 Å². The van der Waals surface area contributed by atoms with Gasteiger partial charge in [-0.25, -0.2) is 4.98 Å². The fourth-order valence-electron chi connectivity index (χ4n) is 2.23. The van der Waals surface area contributed by atoms with E-state index in [4.69, 9.17) is 0 Å². The molecule has 0 aliphatic heterocycles. The van der Waals surface area contributed by atoms with Crippen LogP contribution in [-0.2, 0) is 17.8 Å². The van der Waals surface area contributed by atoms with E-state index < -0.39 is 0 Å². The fourth-order valence-corrected chi connectivity index (χ4v) is 3.75. The standard InChI is InChI=1S/C17H19N5OS2/c1-3-12-5-7-13(8-6-12)14-9-24-16(19-14)20-15(23)10-25-17-21-18-11-22(17)4-2/h5-9,11H,3-4,10H2,1-2H3,(H,19,20,23). The van der Waals surface area contributed by atoms with Crippen LogP contribution in [0.3, 0.4) is 0 Å². The monoisotopic (exact) mass is 373 g/mol. The number of nitrogens with zero attached hydrogens (tertiary/aromatic N) is 4. The van der Waals surface area contributed by atoms with Crippen LogP contribution in [0, 0.1) is 0 Å². The van der Waals surface area contributed by atoms with Gasteiger partial charge < -0.3 is 9.88 Å². The Morgan fingerprint density at radius 1 is 1.28 bits per heavy atom. The SMILES string of the molecule is CCc1ccc(-c2csc(NC(=O)CSc3nncn3CC)n2)cc1. The third-order valence-electron chi connectivity index (χ3n) is 3.66. The maximum Gasteiger partial charge on any atom is 0.236 e. The molecule has 0 spiro atoms. The van der Waals surface area contributed by atoms with Gasteiger partial charge in [0, 0.05) is 17.5 Å². The Bertz CT molecular complexity index is 841. The number of carbonyl (C=O) groups excluding carboxylic acids is 1. The van der Waals surface area contributed by atoms with Crippen molar-refractivity contribution in [3.63, 3.8) is 0 Å². The minimum absolute atomic E-state index is 0.0992. The number of aromatic nitrogens is 4. The Balaban J connectivity index is 1.58. The summed E-state index contributed by atoms with van der Waals surface area (Å²) < 4.78 is 1.90. The fraction of sp³-hybridized carbons (Fsp3) is 0.294. The predicted octanol–water partition coefficient (Wildman–Crippen LogP) is 3.71. The van der Waals surface area contributed by atoms with E-state index in [0.29, 0.717) is 5.13 Å². The highest BCUT2D eigenvalue weighted by Crippen LogP contribution is 2.25. The van der Waals surface area contributed by atoms with E-state index in [2.05, 4.69) is 51.7 Å². The summed E-state index contributed by atoms with van der Waals surface area (Å²) in [7, 11) is 0. The van der Waals surface area contributed by atoms with Gasteiger partial charge in [0.05, 0.1) is 11.4 Å². The van der Waals surface area contributed by atoms with Gasteiger partial charge in [0.2, 0.25) is 5.91 Å². The third kappa shape index (κ3) is 4.46. The Hall–Kier alpha value is -2.19. The molecule has 0 fully saturated rings. The average molecular weight is 374 g/mol. The van der Waals surface area contributed by atoms with Crippen LogP contribution in [-0.4, -0.2) is 31.4 Å². The van der Waals surface area contributed by atoms with Crippen LogP contribution < -0.4 is 5.32 Å². The Labute approximate surface area is 154 Å². The highest BCUT2D eigenvalue weighted by molar-refractivity contribution is 7.99. The molecule has 2 aromatic heterocycles. The van der Waals surface area contributed by atoms with E-state index in [9.17, 15) is 4.79 Å². The molecule has 8 heteroatoms. The first kappa shape index (κ1) is 17.6. The molecule has 3 aromatic rings. The molecule has 2 heterocycles. The summed E-state index contributed by atoms with van der Waals surface area (Å²) in [6, 6.07) is 8.33. The quantitative estimate of drug-likeness (QED) is 0.639. The van der Waals surface area contributed by atoms with E-state index in [0.717, 1.165) is 29.4 Å². The molecule has 130 valence electrons. The normalized spacial score (nSPS) is 10.8. The second-order valence-electron chi connectivity index (χ2n) is 5.32. The van der Waals surface area contributed by atoms with Crippen molar-refractivity contribution in [1.29, 1.82) is 0 Å². The van der Waals surface area contributed by atoms with Gasteiger partial charge in [-0.1, -0.05) is 43.0 Å². The number of amides is 1. The van der Waals surface area contributed by atoms with E-state index in [1.165, 1.54) is 28.7 Å². The second kappa shape index (κ2) is 8.26. The van der Waals surface area contributed by atoms with E-state index in [1.807, 2.05) is 16.9 Å². The molecule has 0 saturated carbocycles. The van der Waals surface area contributed by atoms with Crippen LogP contribution in [0.25, 0.3) is 11.3 Å². The number of hydrogen-bond donors (Lipinski definition) is 1. The molecule has 0 bridgehead atoms. The highest BCUT2D eigenvalue weighted by atomic mass is 32.2. The molecular weight excluding hydrogens is 354 g/mol. The zero-order valence-corrected chi connectivity index (χ0v) is 15.7. The van der Waals surface area contributed by atoms with Crippen LogP contribution in [0.15, 0.2) is 41.1 Å². The molecule has 0 saturated heterocycles. The zero-order chi connectivity index (χ0) is 17.6. The van der Waals surface area contributed by atoms with Crippen LogP contribution in [0.1, 0.15) is 19.4 Å². The molecule has 6 nitrogen and oxygen atoms in total. The summed E-state index contributed by atoms with van der Waals surface area (Å²) in [5.74, 6) is 0.177. The van der Waals surface area contributed by atoms with Crippen molar-refractivity contribution in [2.45, 2.75) is 32.0 Å². The van der Waals surface area contributed by atoms with Gasteiger partial charge in [0.15, 0.2) is 10.3 Å². The van der Waals surface area contributed by atoms with E-state index >= 15 is 0 Å². The minimum atomic E-state index is -0.0992. The summed E-state index contributed by atoms with van der Waals surface area (Å²) in [5.41, 5.74) is 3.23. The number of thiazole rings is 1. The lowest BCUT2D eigenvalue weighted by atomic mass is 10.1. The average Bonchev–Trinajstić information content (AvgIpc) is 3.29. The number of anilines is 1. The Kier molecular flexibility index (Phi) is 5.83. The highest BCUT2D eigenvalue weighted by Gasteiger charge is 2.11. The predicted molar refractivity (Wildman–Crippen MR) is 102 cm³/mol. The summed E-state index contributed by atoms with van der Waals surface area (Å²) >= 11 is 2.80. The van der Waals surface area contributed by atoms with Gasteiger partial charge in [-0.2, -0.15) is 0 Å². The smallest absolute Gasteiger partial charge is 0.236 e. The zero-order valence-electron chi connectivity index (χ0n) is 14.1. The molecule has 25 heavy (non-hydrogen) atoms. The second-order valence-corrected chi connectivity index (χ2v) is 7.13. The lowest BCUT2D eigenvalue weighted by molar-refractivity contribution is -0.113. The van der Waals surface area contributed by atoms with Gasteiger partial charge in [-0.15, -0.1) is 21.5 Å². The van der Waals surface area contributed by atoms with E-state index in [1.54, 1.807) is 6.33 Å². The maximum absolute atomic E-state index is 12.1. The van der Waals surface area contributed by atoms with Crippen LogP contribution in [0.5, 0.6) is 0 Å². The first-order valence-corrected chi connectivity index (χ1v) is 9.91. The number of hydrogen-bond acceptors (Lipinski definition) is 6. The van der Waals surface area contributed by atoms with Crippen molar-refractivity contribution in [2.24, 2.45) is 0 Å². The minimum Gasteiger partial charge on any atom is -0.309 e. The van der Waals surface area contributed by atoms with Crippen LogP contribution in [0.2, 0.25) is 0 Å². The number of aryl methyl sites for hydroxylation is 2. The Morgan fingerprint density at radius 3 is 2.80 bits per heavy atom. The van der Waals surface area contributed by atoms with Crippen molar-refractivity contribution in [2.75, 3.05) is 11.1 Å². The Morgan fingerprint density at radius 2 is 2.08 bits per heavy atom. The molecule has 1 amide bonds. The molecule has 0 atom stereocenters. The summed E-state index contributed by atoms with van der Waals surface area (Å²) in [4.78, 5) is 16.6. The first-order valence-electron chi connectivity index (χ1n) is 8.05. The molecule has 0 aliphatic rings. The van der Waals surface area contributed by atoms with E-state index in [-0.39, 0.29) is 11.7 Å². The molecule has 0 unspecified atom stereocenters. The number of carbonyl (C=O) groups is 1. The van der Waals surface area contributed by atoms with Gasteiger partial charge in [0.1, 0.15) is 6.33 Å². The summed E-state index contributed by atoms with van der Waals surface area (Å²) in [6.07, 6.45) is 2.68. The topological polar surface area (TPSA) is 72.7 Å². The first-order chi connectivity index (χ1) is 12.2. The lowest BCUT2D eigenvalue weighted by Crippen LogP contribution is -2.14. The number of benzene rings is 1. The molecule has 0 aliphatic carbocycles. The van der Waals surface area contributed by atoms with Crippen molar-refractivity contribution in [3.8, 4) is 11.3 Å². The van der Waals surface area contributed by atoms with Crippen LogP contribution >= 0.6 is 23.1 Å². The number of thioether (sulfide) groups is 1. The van der Waals surface area contributed by atoms with Crippen LogP contribution in [0.4, 0.5) is 5.13 Å². The summed E-state index contributed by atoms with van der Waals surface area (Å²) in [5, 5.41) is 14.0. The molecule has 0 radical (unpaired) electrons. The largest absolute Gasteiger partial charge is 0.309 e. The summed E-state index contributed by atoms with van der Waals surface area (Å²) in [6.45, 7) is 4.92.